The van der Waals surface area contributed by atoms with E-state index in [1.165, 1.54) is 6.08 Å². The van der Waals surface area contributed by atoms with Gasteiger partial charge in [-0.15, -0.1) is 0 Å². The van der Waals surface area contributed by atoms with Gasteiger partial charge in [0.2, 0.25) is 0 Å². The quantitative estimate of drug-likeness (QED) is 0.347. The molecule has 1 aromatic rings. The standard InChI is InChI=1S/C23H26O10/c1-30-15(24)12-23(29)17(21(27)32-3)14(11-10-13-8-6-5-7-9-13)16(20(26)31-2)19(25)18(23)22(28)33-4/h5-11,14,16-18,29H,12H2,1-4H3/b11-10+/t14-,16-,17-,18+,23+/m0/s1. The molecule has 1 fully saturated rings. The SMILES string of the molecule is COC(=O)C[C@]1(O)[C@@H](C(=O)OC)C(=O)[C@@H](C(=O)OC)[C@H](/C=C/c2ccccc2)[C@H]1C(=O)OC. The predicted octanol–water partition coefficient (Wildman–Crippen LogP) is 0.560. The van der Waals surface area contributed by atoms with Gasteiger partial charge in [0.15, 0.2) is 5.78 Å². The van der Waals surface area contributed by atoms with E-state index < -0.39 is 65.4 Å². The summed E-state index contributed by atoms with van der Waals surface area (Å²) in [7, 11) is 4.09. The Morgan fingerprint density at radius 1 is 0.909 bits per heavy atom. The summed E-state index contributed by atoms with van der Waals surface area (Å²) in [6, 6.07) is 8.76. The smallest absolute Gasteiger partial charge is 0.319 e. The third-order valence-corrected chi connectivity index (χ3v) is 5.71. The zero-order valence-corrected chi connectivity index (χ0v) is 18.7. The van der Waals surface area contributed by atoms with E-state index in [4.69, 9.17) is 9.47 Å². The number of hydrogen-bond donors (Lipinski definition) is 1. The normalized spacial score (nSPS) is 27.0. The molecule has 178 valence electrons. The number of benzene rings is 1. The number of allylic oxidation sites excluding steroid dienone is 1. The first-order valence-corrected chi connectivity index (χ1v) is 9.95. The lowest BCUT2D eigenvalue weighted by Gasteiger charge is -2.47. The van der Waals surface area contributed by atoms with Crippen LogP contribution in [0.1, 0.15) is 12.0 Å². The molecular weight excluding hydrogens is 436 g/mol. The van der Waals surface area contributed by atoms with Crippen LogP contribution < -0.4 is 0 Å². The minimum atomic E-state index is -2.60. The van der Waals surface area contributed by atoms with E-state index in [2.05, 4.69) is 9.47 Å². The van der Waals surface area contributed by atoms with Crippen molar-refractivity contribution in [2.75, 3.05) is 28.4 Å². The number of Topliss-reactive ketones (excluding diaryl/α,β-unsaturated/α-hetero) is 1. The third kappa shape index (κ3) is 5.11. The number of ketones is 1. The highest BCUT2D eigenvalue weighted by Crippen LogP contribution is 2.47. The second-order valence-corrected chi connectivity index (χ2v) is 7.45. The molecule has 5 atom stereocenters. The summed E-state index contributed by atoms with van der Waals surface area (Å²) in [4.78, 5) is 63.7. The Kier molecular flexibility index (Phi) is 8.47. The highest BCUT2D eigenvalue weighted by Gasteiger charge is 2.66. The summed E-state index contributed by atoms with van der Waals surface area (Å²) in [5.74, 6) is -12.0. The molecule has 0 radical (unpaired) electrons. The van der Waals surface area contributed by atoms with E-state index in [1.54, 1.807) is 36.4 Å². The number of ether oxygens (including phenoxy) is 4. The number of rotatable bonds is 7. The first-order chi connectivity index (χ1) is 15.7. The summed E-state index contributed by atoms with van der Waals surface area (Å²) < 4.78 is 18.9. The zero-order valence-electron chi connectivity index (χ0n) is 18.7. The Bertz CT molecular complexity index is 938. The summed E-state index contributed by atoms with van der Waals surface area (Å²) >= 11 is 0. The number of carbonyl (C=O) groups excluding carboxylic acids is 5. The average molecular weight is 462 g/mol. The monoisotopic (exact) mass is 462 g/mol. The molecule has 33 heavy (non-hydrogen) atoms. The van der Waals surface area contributed by atoms with Crippen LogP contribution in [0, 0.1) is 23.7 Å². The third-order valence-electron chi connectivity index (χ3n) is 5.71. The molecule has 0 spiro atoms. The van der Waals surface area contributed by atoms with Crippen molar-refractivity contribution in [2.24, 2.45) is 23.7 Å². The molecule has 10 heteroatoms. The molecule has 10 nitrogen and oxygen atoms in total. The maximum atomic E-state index is 13.4. The van der Waals surface area contributed by atoms with Gasteiger partial charge in [0.25, 0.3) is 0 Å². The number of hydrogen-bond acceptors (Lipinski definition) is 10. The van der Waals surface area contributed by atoms with Gasteiger partial charge in [-0.2, -0.15) is 0 Å². The Hall–Kier alpha value is -3.53. The minimum Gasteiger partial charge on any atom is -0.469 e. The van der Waals surface area contributed by atoms with E-state index in [0.717, 1.165) is 28.4 Å². The van der Waals surface area contributed by atoms with Gasteiger partial charge in [0.05, 0.1) is 40.8 Å². The zero-order chi connectivity index (χ0) is 24.8. The second kappa shape index (κ2) is 10.9. The molecule has 0 aromatic heterocycles. The summed E-state index contributed by atoms with van der Waals surface area (Å²) in [6.45, 7) is 0. The van der Waals surface area contributed by atoms with Crippen molar-refractivity contribution in [3.05, 3.63) is 42.0 Å². The maximum absolute atomic E-state index is 13.4. The van der Waals surface area contributed by atoms with Crippen LogP contribution in [0.5, 0.6) is 0 Å². The first-order valence-electron chi connectivity index (χ1n) is 9.95. The molecule has 1 saturated carbocycles. The summed E-state index contributed by atoms with van der Waals surface area (Å²) in [6.07, 6.45) is 2.02. The van der Waals surface area contributed by atoms with Crippen molar-refractivity contribution in [3.8, 4) is 0 Å². The van der Waals surface area contributed by atoms with E-state index in [0.29, 0.717) is 5.56 Å². The molecular formula is C23H26O10. The Balaban J connectivity index is 2.77. The molecule has 1 aliphatic carbocycles. The van der Waals surface area contributed by atoms with E-state index in [9.17, 15) is 29.1 Å². The van der Waals surface area contributed by atoms with E-state index >= 15 is 0 Å². The molecule has 0 heterocycles. The number of methoxy groups -OCH3 is 4. The van der Waals surface area contributed by atoms with Crippen LogP contribution in [0.2, 0.25) is 0 Å². The van der Waals surface area contributed by atoms with Gasteiger partial charge in [-0.05, 0) is 5.56 Å². The number of esters is 4. The van der Waals surface area contributed by atoms with Crippen molar-refractivity contribution in [2.45, 2.75) is 12.0 Å². The highest BCUT2D eigenvalue weighted by molar-refractivity contribution is 6.11. The molecule has 0 bridgehead atoms. The van der Waals surface area contributed by atoms with Gasteiger partial charge in [-0.1, -0.05) is 42.5 Å². The molecule has 1 N–H and O–H groups in total. The fourth-order valence-electron chi connectivity index (χ4n) is 4.17. The van der Waals surface area contributed by atoms with Crippen LogP contribution >= 0.6 is 0 Å². The average Bonchev–Trinajstić information content (AvgIpc) is 2.81. The largest absolute Gasteiger partial charge is 0.469 e. The van der Waals surface area contributed by atoms with Crippen LogP contribution in [-0.2, 0) is 42.9 Å². The maximum Gasteiger partial charge on any atom is 0.319 e. The van der Waals surface area contributed by atoms with Gasteiger partial charge in [-0.3, -0.25) is 24.0 Å². The van der Waals surface area contributed by atoms with Crippen molar-refractivity contribution in [3.63, 3.8) is 0 Å². The minimum absolute atomic E-state index is 0.670. The van der Waals surface area contributed by atoms with Gasteiger partial charge in [0, 0.05) is 5.92 Å². The molecule has 0 saturated heterocycles. The summed E-state index contributed by atoms with van der Waals surface area (Å²) in [5.41, 5.74) is -1.93. The Labute approximate surface area is 190 Å². The second-order valence-electron chi connectivity index (χ2n) is 7.45. The molecule has 1 aliphatic rings. The molecule has 0 unspecified atom stereocenters. The van der Waals surface area contributed by atoms with Crippen molar-refractivity contribution >= 4 is 35.7 Å². The fraction of sp³-hybridized carbons (Fsp3) is 0.435. The number of carbonyl (C=O) groups is 5. The summed E-state index contributed by atoms with van der Waals surface area (Å²) in [5, 5.41) is 11.6. The van der Waals surface area contributed by atoms with E-state index in [1.807, 2.05) is 0 Å². The highest BCUT2D eigenvalue weighted by atomic mass is 16.5. The van der Waals surface area contributed by atoms with Gasteiger partial charge in [0.1, 0.15) is 17.4 Å². The van der Waals surface area contributed by atoms with Crippen molar-refractivity contribution in [1.82, 2.24) is 0 Å². The van der Waals surface area contributed by atoms with Crippen LogP contribution in [0.15, 0.2) is 36.4 Å². The van der Waals surface area contributed by atoms with Gasteiger partial charge in [-0.25, -0.2) is 0 Å². The van der Waals surface area contributed by atoms with Crippen LogP contribution in [0.4, 0.5) is 0 Å². The van der Waals surface area contributed by atoms with Crippen molar-refractivity contribution < 1.29 is 48.0 Å². The fourth-order valence-corrected chi connectivity index (χ4v) is 4.17. The van der Waals surface area contributed by atoms with Gasteiger partial charge < -0.3 is 24.1 Å². The van der Waals surface area contributed by atoms with Crippen LogP contribution in [0.25, 0.3) is 6.08 Å². The van der Waals surface area contributed by atoms with Crippen LogP contribution in [0.3, 0.4) is 0 Å². The van der Waals surface area contributed by atoms with E-state index in [-0.39, 0.29) is 0 Å². The molecule has 1 aromatic carbocycles. The van der Waals surface area contributed by atoms with Gasteiger partial charge >= 0.3 is 23.9 Å². The van der Waals surface area contributed by atoms with Crippen LogP contribution in [-0.4, -0.2) is 68.8 Å². The van der Waals surface area contributed by atoms with Crippen molar-refractivity contribution in [1.29, 1.82) is 0 Å². The molecule has 0 aliphatic heterocycles. The number of aliphatic hydroxyl groups is 1. The topological polar surface area (TPSA) is 142 Å². The lowest BCUT2D eigenvalue weighted by molar-refractivity contribution is -0.194. The Morgan fingerprint density at radius 2 is 1.48 bits per heavy atom. The molecule has 0 amide bonds. The Morgan fingerprint density at radius 3 is 2.00 bits per heavy atom. The molecule has 2 rings (SSSR count). The predicted molar refractivity (Wildman–Crippen MR) is 112 cm³/mol. The first kappa shape index (κ1) is 25.7. The lowest BCUT2D eigenvalue weighted by Crippen LogP contribution is -2.65. The lowest BCUT2D eigenvalue weighted by atomic mass is 9.57.